The van der Waals surface area contributed by atoms with Gasteiger partial charge >= 0.3 is 5.97 Å². The Morgan fingerprint density at radius 2 is 1.83 bits per heavy atom. The average Bonchev–Trinajstić information content (AvgIpc) is 3.40. The van der Waals surface area contributed by atoms with E-state index in [2.05, 4.69) is 9.97 Å². The lowest BCUT2D eigenvalue weighted by Crippen LogP contribution is -2.24. The van der Waals surface area contributed by atoms with E-state index in [-0.39, 0.29) is 83.5 Å². The first-order valence-electron chi connectivity index (χ1n) is 14.5. The summed E-state index contributed by atoms with van der Waals surface area (Å²) in [5.41, 5.74) is -0.905. The molecule has 2 unspecified atom stereocenters. The number of carboxylic acids is 1. The second-order valence-corrected chi connectivity index (χ2v) is 11.6. The van der Waals surface area contributed by atoms with Gasteiger partial charge in [-0.2, -0.15) is 5.26 Å². The van der Waals surface area contributed by atoms with Gasteiger partial charge in [-0.15, -0.1) is 0 Å². The van der Waals surface area contributed by atoms with Crippen LogP contribution in [0, 0.1) is 40.1 Å². The van der Waals surface area contributed by atoms with E-state index < -0.39 is 40.7 Å². The maximum atomic E-state index is 15.6. The molecule has 0 spiro atoms. The Balaban J connectivity index is 1.18. The Morgan fingerprint density at radius 1 is 1.02 bits per heavy atom. The van der Waals surface area contributed by atoms with Gasteiger partial charge in [0.15, 0.2) is 0 Å². The van der Waals surface area contributed by atoms with Gasteiger partial charge in [0.1, 0.15) is 29.9 Å². The quantitative estimate of drug-likeness (QED) is 0.181. The van der Waals surface area contributed by atoms with Gasteiger partial charge in [0, 0.05) is 30.2 Å². The maximum Gasteiger partial charge on any atom is 0.335 e. The molecule has 1 aliphatic carbocycles. The summed E-state index contributed by atoms with van der Waals surface area (Å²) >= 11 is 0. The van der Waals surface area contributed by atoms with E-state index in [1.54, 1.807) is 0 Å². The molecule has 2 fully saturated rings. The maximum absolute atomic E-state index is 15.6. The number of aromatic nitrogens is 3. The summed E-state index contributed by atoms with van der Waals surface area (Å²) in [4.78, 5) is 20.4. The Bertz CT molecular complexity index is 2130. The summed E-state index contributed by atoms with van der Waals surface area (Å²) in [5, 5.41) is 18.4. The Morgan fingerprint density at radius 3 is 2.55 bits per heavy atom. The predicted molar refractivity (Wildman–Crippen MR) is 156 cm³/mol. The van der Waals surface area contributed by atoms with Gasteiger partial charge in [-0.25, -0.2) is 36.7 Å². The molecule has 2 aliphatic rings. The van der Waals surface area contributed by atoms with Crippen LogP contribution in [-0.4, -0.2) is 44.7 Å². The smallest absolute Gasteiger partial charge is 0.335 e. The van der Waals surface area contributed by atoms with Crippen molar-refractivity contribution < 1.29 is 41.3 Å². The van der Waals surface area contributed by atoms with Crippen LogP contribution in [0.2, 0.25) is 0 Å². The number of ether oxygens (including phenoxy) is 2. The highest BCUT2D eigenvalue weighted by atomic mass is 19.3. The van der Waals surface area contributed by atoms with Crippen molar-refractivity contribution in [3.05, 3.63) is 112 Å². The molecule has 0 radical (unpaired) electrons. The van der Waals surface area contributed by atoms with Crippen molar-refractivity contribution in [2.24, 2.45) is 11.3 Å². The summed E-state index contributed by atoms with van der Waals surface area (Å²) in [6, 6.07) is 16.2. The van der Waals surface area contributed by atoms with Crippen molar-refractivity contribution in [1.82, 2.24) is 14.5 Å². The number of imidazole rings is 1. The third-order valence-electron chi connectivity index (χ3n) is 8.89. The molecule has 0 amide bonds. The molecule has 8 nitrogen and oxygen atoms in total. The average molecular weight is 647 g/mol. The van der Waals surface area contributed by atoms with Crippen LogP contribution >= 0.6 is 0 Å². The van der Waals surface area contributed by atoms with E-state index in [0.29, 0.717) is 5.52 Å². The molecular weight excluding hydrogens is 623 g/mol. The molecule has 7 rings (SSSR count). The van der Waals surface area contributed by atoms with Crippen LogP contribution in [0.5, 0.6) is 5.88 Å². The minimum atomic E-state index is -3.00. The lowest BCUT2D eigenvalue weighted by molar-refractivity contribution is -0.0150. The van der Waals surface area contributed by atoms with E-state index in [4.69, 9.17) is 14.7 Å². The van der Waals surface area contributed by atoms with Gasteiger partial charge in [-0.05, 0) is 54.1 Å². The number of nitriles is 1. The Hall–Kier alpha value is -5.35. The molecule has 13 heteroatoms. The van der Waals surface area contributed by atoms with Crippen molar-refractivity contribution >= 4 is 17.0 Å². The second kappa shape index (κ2) is 11.2. The molecule has 3 aromatic carbocycles. The molecule has 3 heterocycles. The summed E-state index contributed by atoms with van der Waals surface area (Å²) in [7, 11) is 0. The highest BCUT2D eigenvalue weighted by Gasteiger charge is 2.83. The zero-order valence-corrected chi connectivity index (χ0v) is 24.3. The van der Waals surface area contributed by atoms with Crippen molar-refractivity contribution in [2.45, 2.75) is 25.5 Å². The lowest BCUT2D eigenvalue weighted by Gasteiger charge is -2.18. The molecule has 47 heavy (non-hydrogen) atoms. The number of hydrogen-bond donors (Lipinski definition) is 1. The van der Waals surface area contributed by atoms with Gasteiger partial charge in [0.2, 0.25) is 5.88 Å². The fourth-order valence-corrected chi connectivity index (χ4v) is 6.19. The number of carboxylic acid groups (broad SMARTS) is 1. The van der Waals surface area contributed by atoms with Crippen molar-refractivity contribution in [3.63, 3.8) is 0 Å². The summed E-state index contributed by atoms with van der Waals surface area (Å²) in [6.45, 7) is -0.773. The van der Waals surface area contributed by atoms with Gasteiger partial charge in [-0.1, -0.05) is 12.1 Å². The highest BCUT2D eigenvalue weighted by molar-refractivity contribution is 5.92. The molecular formula is C34H23F5N4O4. The molecule has 1 N–H and O–H groups in total. The largest absolute Gasteiger partial charge is 0.478 e. The normalized spacial score (nSPS) is 19.4. The number of pyridine rings is 1. The van der Waals surface area contributed by atoms with E-state index in [9.17, 15) is 23.1 Å². The Labute approximate surface area is 263 Å². The number of nitrogens with zero attached hydrogens (tertiary/aromatic N) is 4. The topological polar surface area (TPSA) is 110 Å². The molecule has 1 saturated carbocycles. The van der Waals surface area contributed by atoms with Crippen LogP contribution < -0.4 is 4.74 Å². The number of halogens is 5. The van der Waals surface area contributed by atoms with E-state index in [1.165, 1.54) is 53.1 Å². The molecule has 0 bridgehead atoms. The van der Waals surface area contributed by atoms with Crippen molar-refractivity contribution in [2.75, 3.05) is 13.2 Å². The first-order valence-corrected chi connectivity index (χ1v) is 14.5. The monoisotopic (exact) mass is 646 g/mol. The molecule has 2 aromatic heterocycles. The second-order valence-electron chi connectivity index (χ2n) is 11.6. The van der Waals surface area contributed by atoms with Gasteiger partial charge in [-0.3, -0.25) is 0 Å². The highest BCUT2D eigenvalue weighted by Crippen LogP contribution is 2.70. The number of benzene rings is 3. The van der Waals surface area contributed by atoms with Crippen LogP contribution in [0.15, 0.2) is 66.7 Å². The van der Waals surface area contributed by atoms with Gasteiger partial charge in [0.05, 0.1) is 58.5 Å². The van der Waals surface area contributed by atoms with Crippen LogP contribution in [0.1, 0.15) is 32.9 Å². The van der Waals surface area contributed by atoms with Crippen LogP contribution in [0.4, 0.5) is 22.0 Å². The van der Waals surface area contributed by atoms with E-state index in [1.807, 2.05) is 6.07 Å². The standard InChI is InChI=1S/C34H23F5N4O4/c35-23-8-18(13-40)4-5-20(23)14-47-31-3-1-2-26(42-31)22-12-24(36)21(9-25(22)37)11-30-41-27-7-6-19(32(44)45)10-28(27)43(30)16-33-17-46-15-29(33)34(33,38)39/h1-10,12,29H,11,14-17H2,(H,44,45). The third-order valence-corrected chi connectivity index (χ3v) is 8.89. The number of alkyl halides is 2. The zero-order valence-electron chi connectivity index (χ0n) is 24.3. The van der Waals surface area contributed by atoms with Crippen molar-refractivity contribution in [1.29, 1.82) is 5.26 Å². The van der Waals surface area contributed by atoms with Gasteiger partial charge in [0.25, 0.3) is 5.92 Å². The molecule has 1 aliphatic heterocycles. The number of hydrogen-bond acceptors (Lipinski definition) is 6. The summed E-state index contributed by atoms with van der Waals surface area (Å²) in [5.74, 6) is -7.31. The summed E-state index contributed by atoms with van der Waals surface area (Å²) in [6.07, 6.45) is -0.278. The zero-order chi connectivity index (χ0) is 33.1. The first-order chi connectivity index (χ1) is 22.5. The number of rotatable bonds is 9. The molecule has 1 saturated heterocycles. The number of aromatic carboxylic acids is 1. The number of fused-ring (bicyclic) bond motifs is 2. The number of carbonyl (C=O) groups is 1. The van der Waals surface area contributed by atoms with Crippen LogP contribution in [0.25, 0.3) is 22.3 Å². The SMILES string of the molecule is N#Cc1ccc(COc2cccc(-c3cc(F)c(Cc4nc5ccc(C(=O)O)cc5n4CC45COCC4C5(F)F)cc3F)n2)c(F)c1. The molecule has 238 valence electrons. The third kappa shape index (κ3) is 5.14. The van der Waals surface area contributed by atoms with Crippen LogP contribution in [-0.2, 0) is 24.3 Å². The molecule has 5 aromatic rings. The van der Waals surface area contributed by atoms with Gasteiger partial charge < -0.3 is 19.1 Å². The lowest BCUT2D eigenvalue weighted by atomic mass is 10.0. The van der Waals surface area contributed by atoms with E-state index >= 15 is 8.78 Å². The van der Waals surface area contributed by atoms with E-state index in [0.717, 1.165) is 18.2 Å². The van der Waals surface area contributed by atoms with Crippen LogP contribution in [0.3, 0.4) is 0 Å². The minimum absolute atomic E-state index is 0.0232. The Kier molecular flexibility index (Phi) is 7.20. The minimum Gasteiger partial charge on any atom is -0.478 e. The first kappa shape index (κ1) is 30.3. The summed E-state index contributed by atoms with van der Waals surface area (Å²) < 4.78 is 87.4. The van der Waals surface area contributed by atoms with Crippen molar-refractivity contribution in [3.8, 4) is 23.2 Å². The molecule has 2 atom stereocenters. The fourth-order valence-electron chi connectivity index (χ4n) is 6.19. The fraction of sp³-hybridized carbons (Fsp3) is 0.235. The predicted octanol–water partition coefficient (Wildman–Crippen LogP) is 6.54.